The second-order valence-electron chi connectivity index (χ2n) is 4.17. The molecule has 100 valence electrons. The largest absolute Gasteiger partial charge is 0.396 e. The zero-order valence-corrected chi connectivity index (χ0v) is 10.7. The summed E-state index contributed by atoms with van der Waals surface area (Å²) in [6.45, 7) is 2.42. The first kappa shape index (κ1) is 13.2. The molecule has 0 spiro atoms. The minimum absolute atomic E-state index is 0.0739. The number of aromatic nitrogens is 3. The molecular formula is C13H16N4O2. The average Bonchev–Trinajstić information content (AvgIpc) is 2.92. The van der Waals surface area contributed by atoms with E-state index < -0.39 is 0 Å². The van der Waals surface area contributed by atoms with E-state index in [1.54, 1.807) is 17.1 Å². The van der Waals surface area contributed by atoms with E-state index in [-0.39, 0.29) is 12.5 Å². The molecule has 6 heteroatoms. The van der Waals surface area contributed by atoms with Crippen LogP contribution in [0.25, 0.3) is 5.69 Å². The van der Waals surface area contributed by atoms with Crippen LogP contribution in [-0.2, 0) is 0 Å². The number of hydrogen-bond acceptors (Lipinski definition) is 4. The molecule has 6 nitrogen and oxygen atoms in total. The van der Waals surface area contributed by atoms with Gasteiger partial charge in [0, 0.05) is 18.7 Å². The molecule has 0 aliphatic carbocycles. The van der Waals surface area contributed by atoms with Crippen molar-refractivity contribution in [3.05, 3.63) is 42.0 Å². The van der Waals surface area contributed by atoms with Crippen LogP contribution >= 0.6 is 0 Å². The summed E-state index contributed by atoms with van der Waals surface area (Å²) in [6, 6.07) is 5.47. The highest BCUT2D eigenvalue weighted by atomic mass is 16.3. The molecule has 1 amide bonds. The minimum Gasteiger partial charge on any atom is -0.396 e. The van der Waals surface area contributed by atoms with Gasteiger partial charge in [-0.1, -0.05) is 0 Å². The van der Waals surface area contributed by atoms with E-state index in [4.69, 9.17) is 5.11 Å². The van der Waals surface area contributed by atoms with E-state index >= 15 is 0 Å². The van der Waals surface area contributed by atoms with Crippen LogP contribution in [0, 0.1) is 6.92 Å². The first-order chi connectivity index (χ1) is 9.22. The SMILES string of the molecule is Cc1cc(-n2cncn2)ccc1C(=O)NCCCO. The number of aliphatic hydroxyl groups excluding tert-OH is 1. The van der Waals surface area contributed by atoms with Gasteiger partial charge in [-0.05, 0) is 37.1 Å². The minimum atomic E-state index is -0.129. The second-order valence-corrected chi connectivity index (χ2v) is 4.17. The normalized spacial score (nSPS) is 10.4. The van der Waals surface area contributed by atoms with Gasteiger partial charge in [-0.15, -0.1) is 0 Å². The van der Waals surface area contributed by atoms with Gasteiger partial charge in [0.05, 0.1) is 5.69 Å². The zero-order chi connectivity index (χ0) is 13.7. The molecule has 1 heterocycles. The third kappa shape index (κ3) is 3.17. The maximum Gasteiger partial charge on any atom is 0.251 e. The van der Waals surface area contributed by atoms with Gasteiger partial charge in [0.15, 0.2) is 0 Å². The van der Waals surface area contributed by atoms with Crippen LogP contribution < -0.4 is 5.32 Å². The van der Waals surface area contributed by atoms with Crippen LogP contribution in [-0.4, -0.2) is 38.9 Å². The Labute approximate surface area is 111 Å². The van der Waals surface area contributed by atoms with Gasteiger partial charge < -0.3 is 10.4 Å². The van der Waals surface area contributed by atoms with Gasteiger partial charge in [0.25, 0.3) is 5.91 Å². The lowest BCUT2D eigenvalue weighted by Gasteiger charge is -2.09. The van der Waals surface area contributed by atoms with E-state index in [0.29, 0.717) is 18.5 Å². The summed E-state index contributed by atoms with van der Waals surface area (Å²) in [5.41, 5.74) is 2.36. The van der Waals surface area contributed by atoms with Crippen molar-refractivity contribution in [3.8, 4) is 5.69 Å². The summed E-state index contributed by atoms with van der Waals surface area (Å²) in [6.07, 6.45) is 3.63. The number of aliphatic hydroxyl groups is 1. The molecule has 2 aromatic rings. The average molecular weight is 260 g/mol. The number of rotatable bonds is 5. The Morgan fingerprint density at radius 3 is 2.95 bits per heavy atom. The molecule has 2 N–H and O–H groups in total. The second kappa shape index (κ2) is 6.10. The summed E-state index contributed by atoms with van der Waals surface area (Å²) in [5.74, 6) is -0.129. The van der Waals surface area contributed by atoms with E-state index in [1.807, 2.05) is 19.1 Å². The van der Waals surface area contributed by atoms with E-state index in [2.05, 4.69) is 15.4 Å². The fourth-order valence-corrected chi connectivity index (χ4v) is 1.76. The molecule has 0 aliphatic rings. The summed E-state index contributed by atoms with van der Waals surface area (Å²) in [4.78, 5) is 15.8. The Morgan fingerprint density at radius 2 is 2.32 bits per heavy atom. The van der Waals surface area contributed by atoms with Gasteiger partial charge in [-0.2, -0.15) is 5.10 Å². The molecule has 1 aromatic carbocycles. The molecule has 0 atom stereocenters. The van der Waals surface area contributed by atoms with Gasteiger partial charge in [-0.25, -0.2) is 9.67 Å². The third-order valence-electron chi connectivity index (χ3n) is 2.76. The Bertz CT molecular complexity index is 552. The molecule has 0 unspecified atom stereocenters. The predicted molar refractivity (Wildman–Crippen MR) is 70.1 cm³/mol. The topological polar surface area (TPSA) is 80.0 Å². The van der Waals surface area contributed by atoms with Crippen molar-refractivity contribution < 1.29 is 9.90 Å². The highest BCUT2D eigenvalue weighted by Gasteiger charge is 2.09. The van der Waals surface area contributed by atoms with Crippen molar-refractivity contribution in [2.45, 2.75) is 13.3 Å². The van der Waals surface area contributed by atoms with Crippen LogP contribution in [0.5, 0.6) is 0 Å². The van der Waals surface area contributed by atoms with E-state index in [9.17, 15) is 4.79 Å². The van der Waals surface area contributed by atoms with Crippen molar-refractivity contribution in [1.82, 2.24) is 20.1 Å². The molecule has 1 aromatic heterocycles. The van der Waals surface area contributed by atoms with Crippen LogP contribution in [0.2, 0.25) is 0 Å². The highest BCUT2D eigenvalue weighted by Crippen LogP contribution is 2.13. The van der Waals surface area contributed by atoms with Crippen LogP contribution in [0.1, 0.15) is 22.3 Å². The van der Waals surface area contributed by atoms with Crippen molar-refractivity contribution in [2.75, 3.05) is 13.2 Å². The number of nitrogens with zero attached hydrogens (tertiary/aromatic N) is 3. The van der Waals surface area contributed by atoms with Gasteiger partial charge in [-0.3, -0.25) is 4.79 Å². The third-order valence-corrected chi connectivity index (χ3v) is 2.76. The molecule has 0 fully saturated rings. The zero-order valence-electron chi connectivity index (χ0n) is 10.7. The quantitative estimate of drug-likeness (QED) is 0.775. The Morgan fingerprint density at radius 1 is 1.47 bits per heavy atom. The summed E-state index contributed by atoms with van der Waals surface area (Å²) < 4.78 is 1.64. The van der Waals surface area contributed by atoms with E-state index in [1.165, 1.54) is 6.33 Å². The van der Waals surface area contributed by atoms with Gasteiger partial charge in [0.2, 0.25) is 0 Å². The monoisotopic (exact) mass is 260 g/mol. The lowest BCUT2D eigenvalue weighted by molar-refractivity contribution is 0.0950. The first-order valence-electron chi connectivity index (χ1n) is 6.07. The lowest BCUT2D eigenvalue weighted by Crippen LogP contribution is -2.25. The Kier molecular flexibility index (Phi) is 4.25. The van der Waals surface area contributed by atoms with E-state index in [0.717, 1.165) is 11.3 Å². The van der Waals surface area contributed by atoms with Crippen molar-refractivity contribution in [3.63, 3.8) is 0 Å². The molecular weight excluding hydrogens is 244 g/mol. The first-order valence-corrected chi connectivity index (χ1v) is 6.07. The highest BCUT2D eigenvalue weighted by molar-refractivity contribution is 5.95. The lowest BCUT2D eigenvalue weighted by atomic mass is 10.1. The van der Waals surface area contributed by atoms with Crippen LogP contribution in [0.4, 0.5) is 0 Å². The van der Waals surface area contributed by atoms with Gasteiger partial charge >= 0.3 is 0 Å². The maximum atomic E-state index is 11.9. The molecule has 19 heavy (non-hydrogen) atoms. The molecule has 0 saturated heterocycles. The van der Waals surface area contributed by atoms with Crippen LogP contribution in [0.15, 0.2) is 30.9 Å². The van der Waals surface area contributed by atoms with Gasteiger partial charge in [0.1, 0.15) is 12.7 Å². The van der Waals surface area contributed by atoms with Crippen molar-refractivity contribution in [2.24, 2.45) is 0 Å². The molecule has 0 saturated carbocycles. The molecule has 0 aliphatic heterocycles. The maximum absolute atomic E-state index is 11.9. The molecule has 2 rings (SSSR count). The van der Waals surface area contributed by atoms with Crippen molar-refractivity contribution in [1.29, 1.82) is 0 Å². The Balaban J connectivity index is 2.13. The number of aryl methyl sites for hydroxylation is 1. The smallest absolute Gasteiger partial charge is 0.251 e. The molecule has 0 bridgehead atoms. The molecule has 0 radical (unpaired) electrons. The number of carbonyl (C=O) groups excluding carboxylic acids is 1. The fraction of sp³-hybridized carbons (Fsp3) is 0.308. The predicted octanol–water partition coefficient (Wildman–Crippen LogP) is 0.688. The number of amides is 1. The fourth-order valence-electron chi connectivity index (χ4n) is 1.76. The Hall–Kier alpha value is -2.21. The number of hydrogen-bond donors (Lipinski definition) is 2. The number of carbonyl (C=O) groups is 1. The van der Waals surface area contributed by atoms with Crippen LogP contribution in [0.3, 0.4) is 0 Å². The standard InChI is InChI=1S/C13H16N4O2/c1-10-7-11(17-9-14-8-16-17)3-4-12(10)13(19)15-5-2-6-18/h3-4,7-9,18H,2,5-6H2,1H3,(H,15,19). The summed E-state index contributed by atoms with van der Waals surface area (Å²) >= 11 is 0. The number of benzene rings is 1. The number of nitrogens with one attached hydrogen (secondary N) is 1. The van der Waals surface area contributed by atoms with Crippen molar-refractivity contribution >= 4 is 5.91 Å². The summed E-state index contributed by atoms with van der Waals surface area (Å²) in [5, 5.41) is 15.5. The summed E-state index contributed by atoms with van der Waals surface area (Å²) in [7, 11) is 0.